The summed E-state index contributed by atoms with van der Waals surface area (Å²) in [4.78, 5) is 0. The molecule has 0 heterocycles. The number of rotatable bonds is 2. The fraction of sp³-hybridized carbons (Fsp3) is 0.375. The molecule has 0 radical (unpaired) electrons. The van der Waals surface area contributed by atoms with Gasteiger partial charge in [-0.25, -0.2) is 0 Å². The first kappa shape index (κ1) is 11.2. The standard InChI is InChI=1S/C16H20/c1-5-13-8-10-15-12(4)11(3)7-9-16(15)14(13)6-2/h7-10H,5-6H2,1-4H3. The SMILES string of the molecule is CCc1ccc2c(C)c(C)ccc2c1CC. The van der Waals surface area contributed by atoms with Gasteiger partial charge in [-0.3, -0.25) is 0 Å². The molecule has 0 saturated carbocycles. The highest BCUT2D eigenvalue weighted by atomic mass is 14.1. The van der Waals surface area contributed by atoms with E-state index in [1.807, 2.05) is 0 Å². The number of fused-ring (bicyclic) bond motifs is 1. The lowest BCUT2D eigenvalue weighted by Gasteiger charge is -2.13. The Balaban J connectivity index is 2.84. The Kier molecular flexibility index (Phi) is 3.00. The Morgan fingerprint density at radius 3 is 2.12 bits per heavy atom. The summed E-state index contributed by atoms with van der Waals surface area (Å²) < 4.78 is 0. The summed E-state index contributed by atoms with van der Waals surface area (Å²) in [5, 5.41) is 2.87. The van der Waals surface area contributed by atoms with Crippen molar-refractivity contribution in [1.29, 1.82) is 0 Å². The van der Waals surface area contributed by atoms with Crippen LogP contribution in [0.1, 0.15) is 36.1 Å². The molecular formula is C16H20. The summed E-state index contributed by atoms with van der Waals surface area (Å²) in [6, 6.07) is 9.12. The van der Waals surface area contributed by atoms with Gasteiger partial charge < -0.3 is 0 Å². The zero-order valence-corrected chi connectivity index (χ0v) is 10.7. The number of hydrogen-bond donors (Lipinski definition) is 0. The van der Waals surface area contributed by atoms with Crippen LogP contribution in [0.2, 0.25) is 0 Å². The van der Waals surface area contributed by atoms with Gasteiger partial charge in [-0.1, -0.05) is 38.1 Å². The first-order valence-corrected chi connectivity index (χ1v) is 6.19. The van der Waals surface area contributed by atoms with Crippen LogP contribution in [0.3, 0.4) is 0 Å². The number of hydrogen-bond acceptors (Lipinski definition) is 0. The minimum Gasteiger partial charge on any atom is -0.0613 e. The van der Waals surface area contributed by atoms with Crippen LogP contribution in [0.25, 0.3) is 10.8 Å². The smallest absolute Gasteiger partial charge is 0.0146 e. The summed E-state index contributed by atoms with van der Waals surface area (Å²) in [6.45, 7) is 8.90. The lowest BCUT2D eigenvalue weighted by Crippen LogP contribution is -1.94. The minimum atomic E-state index is 1.13. The fourth-order valence-electron chi connectivity index (χ4n) is 2.52. The average Bonchev–Trinajstić information content (AvgIpc) is 2.32. The second kappa shape index (κ2) is 4.29. The monoisotopic (exact) mass is 212 g/mol. The molecular weight excluding hydrogens is 192 g/mol. The van der Waals surface area contributed by atoms with Crippen molar-refractivity contribution in [3.05, 3.63) is 46.5 Å². The first-order valence-electron chi connectivity index (χ1n) is 6.19. The molecule has 0 aromatic heterocycles. The minimum absolute atomic E-state index is 1.13. The van der Waals surface area contributed by atoms with Crippen LogP contribution in [0.4, 0.5) is 0 Å². The lowest BCUT2D eigenvalue weighted by molar-refractivity contribution is 1.05. The van der Waals surface area contributed by atoms with Crippen LogP contribution >= 0.6 is 0 Å². The van der Waals surface area contributed by atoms with Gasteiger partial charge in [0.2, 0.25) is 0 Å². The molecule has 0 nitrogen and oxygen atoms in total. The predicted molar refractivity (Wildman–Crippen MR) is 72.2 cm³/mol. The summed E-state index contributed by atoms with van der Waals surface area (Å²) >= 11 is 0. The molecule has 0 saturated heterocycles. The molecule has 0 fully saturated rings. The largest absolute Gasteiger partial charge is 0.0613 e. The molecule has 0 spiro atoms. The van der Waals surface area contributed by atoms with E-state index in [0.717, 1.165) is 12.8 Å². The van der Waals surface area contributed by atoms with Gasteiger partial charge in [0, 0.05) is 0 Å². The highest BCUT2D eigenvalue weighted by Gasteiger charge is 2.07. The number of aryl methyl sites for hydroxylation is 4. The molecule has 0 N–H and O–H groups in total. The molecule has 0 aliphatic heterocycles. The van der Waals surface area contributed by atoms with Crippen molar-refractivity contribution in [2.24, 2.45) is 0 Å². The van der Waals surface area contributed by atoms with E-state index in [1.54, 1.807) is 0 Å². The van der Waals surface area contributed by atoms with E-state index in [0.29, 0.717) is 0 Å². The summed E-state index contributed by atoms with van der Waals surface area (Å²) in [5.74, 6) is 0. The van der Waals surface area contributed by atoms with Gasteiger partial charge in [0.1, 0.15) is 0 Å². The summed E-state index contributed by atoms with van der Waals surface area (Å²) in [6.07, 6.45) is 2.26. The predicted octanol–water partition coefficient (Wildman–Crippen LogP) is 4.58. The van der Waals surface area contributed by atoms with Crippen molar-refractivity contribution >= 4 is 10.8 Å². The first-order chi connectivity index (χ1) is 7.69. The Morgan fingerprint density at radius 2 is 1.50 bits per heavy atom. The van der Waals surface area contributed by atoms with Gasteiger partial charge in [-0.05, 0) is 59.7 Å². The van der Waals surface area contributed by atoms with E-state index in [1.165, 1.54) is 33.0 Å². The molecule has 0 unspecified atom stereocenters. The maximum atomic E-state index is 2.30. The Bertz CT molecular complexity index is 521. The summed E-state index contributed by atoms with van der Waals surface area (Å²) in [5.41, 5.74) is 5.84. The van der Waals surface area contributed by atoms with Crippen LogP contribution in [-0.2, 0) is 12.8 Å². The quantitative estimate of drug-likeness (QED) is 0.683. The van der Waals surface area contributed by atoms with Gasteiger partial charge in [0.15, 0.2) is 0 Å². The second-order valence-corrected chi connectivity index (χ2v) is 4.51. The maximum Gasteiger partial charge on any atom is -0.0146 e. The molecule has 0 aliphatic rings. The lowest BCUT2D eigenvalue weighted by atomic mass is 9.92. The zero-order valence-electron chi connectivity index (χ0n) is 10.7. The topological polar surface area (TPSA) is 0 Å². The fourth-order valence-corrected chi connectivity index (χ4v) is 2.52. The van der Waals surface area contributed by atoms with Gasteiger partial charge in [-0.2, -0.15) is 0 Å². The van der Waals surface area contributed by atoms with Gasteiger partial charge in [0.05, 0.1) is 0 Å². The Morgan fingerprint density at radius 1 is 0.812 bits per heavy atom. The van der Waals surface area contributed by atoms with Crippen LogP contribution < -0.4 is 0 Å². The molecule has 2 aromatic rings. The van der Waals surface area contributed by atoms with Crippen molar-refractivity contribution in [2.75, 3.05) is 0 Å². The van der Waals surface area contributed by atoms with Crippen molar-refractivity contribution in [3.63, 3.8) is 0 Å². The van der Waals surface area contributed by atoms with Crippen molar-refractivity contribution in [3.8, 4) is 0 Å². The Labute approximate surface area is 98.3 Å². The molecule has 2 aromatic carbocycles. The van der Waals surface area contributed by atoms with E-state index in [2.05, 4.69) is 52.0 Å². The zero-order chi connectivity index (χ0) is 11.7. The van der Waals surface area contributed by atoms with Crippen molar-refractivity contribution in [1.82, 2.24) is 0 Å². The Hall–Kier alpha value is -1.30. The molecule has 0 aliphatic carbocycles. The van der Waals surface area contributed by atoms with E-state index in [4.69, 9.17) is 0 Å². The van der Waals surface area contributed by atoms with E-state index < -0.39 is 0 Å². The van der Waals surface area contributed by atoms with Gasteiger partial charge >= 0.3 is 0 Å². The third-order valence-corrected chi connectivity index (χ3v) is 3.68. The molecule has 2 rings (SSSR count). The van der Waals surface area contributed by atoms with E-state index in [-0.39, 0.29) is 0 Å². The highest BCUT2D eigenvalue weighted by Crippen LogP contribution is 2.27. The van der Waals surface area contributed by atoms with Crippen LogP contribution in [-0.4, -0.2) is 0 Å². The van der Waals surface area contributed by atoms with E-state index >= 15 is 0 Å². The molecule has 0 atom stereocenters. The third-order valence-electron chi connectivity index (χ3n) is 3.68. The van der Waals surface area contributed by atoms with Gasteiger partial charge in [0.25, 0.3) is 0 Å². The van der Waals surface area contributed by atoms with Crippen LogP contribution in [0.15, 0.2) is 24.3 Å². The molecule has 0 bridgehead atoms. The number of benzene rings is 2. The normalized spacial score (nSPS) is 11.0. The molecule has 0 heteroatoms. The van der Waals surface area contributed by atoms with Crippen molar-refractivity contribution in [2.45, 2.75) is 40.5 Å². The average molecular weight is 212 g/mol. The van der Waals surface area contributed by atoms with Crippen LogP contribution in [0, 0.1) is 13.8 Å². The maximum absolute atomic E-state index is 2.30. The molecule has 0 amide bonds. The summed E-state index contributed by atoms with van der Waals surface area (Å²) in [7, 11) is 0. The van der Waals surface area contributed by atoms with E-state index in [9.17, 15) is 0 Å². The van der Waals surface area contributed by atoms with Crippen LogP contribution in [0.5, 0.6) is 0 Å². The second-order valence-electron chi connectivity index (χ2n) is 4.51. The third kappa shape index (κ3) is 1.63. The van der Waals surface area contributed by atoms with Crippen molar-refractivity contribution < 1.29 is 0 Å². The highest BCUT2D eigenvalue weighted by molar-refractivity contribution is 5.90. The molecule has 16 heavy (non-hydrogen) atoms. The van der Waals surface area contributed by atoms with Gasteiger partial charge in [-0.15, -0.1) is 0 Å². The molecule has 84 valence electrons.